The fraction of sp³-hybridized carbons (Fsp3) is 0.143. The molecule has 3 aromatic rings. The number of urea groups is 1. The zero-order valence-electron chi connectivity index (χ0n) is 15.8. The molecule has 2 N–H and O–H groups in total. The summed E-state index contributed by atoms with van der Waals surface area (Å²) in [4.78, 5) is 51.1. The maximum atomic E-state index is 12.9. The van der Waals surface area contributed by atoms with E-state index < -0.39 is 29.4 Å². The van der Waals surface area contributed by atoms with Crippen LogP contribution in [0, 0.1) is 0 Å². The van der Waals surface area contributed by atoms with Crippen molar-refractivity contribution in [2.24, 2.45) is 7.05 Å². The lowest BCUT2D eigenvalue weighted by molar-refractivity contribution is -0.117. The van der Waals surface area contributed by atoms with Crippen molar-refractivity contribution in [2.45, 2.75) is 13.0 Å². The van der Waals surface area contributed by atoms with E-state index in [2.05, 4.69) is 10.6 Å². The van der Waals surface area contributed by atoms with Crippen molar-refractivity contribution in [2.75, 3.05) is 10.2 Å². The lowest BCUT2D eigenvalue weighted by Gasteiger charge is -2.18. The van der Waals surface area contributed by atoms with Gasteiger partial charge in [0.05, 0.1) is 16.9 Å². The molecule has 0 saturated carbocycles. The van der Waals surface area contributed by atoms with E-state index in [1.807, 2.05) is 18.2 Å². The summed E-state index contributed by atoms with van der Waals surface area (Å²) < 4.78 is 1.41. The number of hydrogen-bond donors (Lipinski definition) is 2. The number of carbonyl (C=O) groups excluding carboxylic acids is 3. The van der Waals surface area contributed by atoms with E-state index in [9.17, 15) is 19.2 Å². The average molecular weight is 390 g/mol. The molecule has 4 amide bonds. The maximum absolute atomic E-state index is 12.9. The van der Waals surface area contributed by atoms with Crippen molar-refractivity contribution in [1.29, 1.82) is 0 Å². The highest BCUT2D eigenvalue weighted by molar-refractivity contribution is 6.23. The lowest BCUT2D eigenvalue weighted by Crippen LogP contribution is -2.32. The Morgan fingerprint density at radius 3 is 2.45 bits per heavy atom. The molecule has 2 heterocycles. The van der Waals surface area contributed by atoms with Gasteiger partial charge in [-0.25, -0.2) is 9.69 Å². The molecule has 146 valence electrons. The van der Waals surface area contributed by atoms with Gasteiger partial charge in [-0.1, -0.05) is 30.3 Å². The van der Waals surface area contributed by atoms with Gasteiger partial charge in [0.25, 0.3) is 17.4 Å². The highest BCUT2D eigenvalue weighted by atomic mass is 16.2. The molecule has 0 radical (unpaired) electrons. The first-order valence-electron chi connectivity index (χ1n) is 9.02. The number of benzene rings is 2. The molecule has 0 spiro atoms. The molecule has 8 heteroatoms. The molecular weight excluding hydrogens is 372 g/mol. The second-order valence-electron chi connectivity index (χ2n) is 6.80. The quantitative estimate of drug-likeness (QED) is 0.670. The van der Waals surface area contributed by atoms with Gasteiger partial charge < -0.3 is 15.2 Å². The van der Waals surface area contributed by atoms with Crippen LogP contribution >= 0.6 is 0 Å². The number of imide groups is 1. The Hall–Kier alpha value is -3.94. The smallest absolute Gasteiger partial charge is 0.326 e. The molecule has 1 unspecified atom stereocenters. The Balaban J connectivity index is 1.73. The largest absolute Gasteiger partial charge is 0.329 e. The maximum Gasteiger partial charge on any atom is 0.329 e. The predicted octanol–water partition coefficient (Wildman–Crippen LogP) is 2.24. The van der Waals surface area contributed by atoms with Crippen molar-refractivity contribution in [3.05, 3.63) is 70.5 Å². The van der Waals surface area contributed by atoms with Crippen LogP contribution in [0.4, 0.5) is 16.2 Å². The van der Waals surface area contributed by atoms with Crippen molar-refractivity contribution in [1.82, 2.24) is 9.88 Å². The van der Waals surface area contributed by atoms with Crippen LogP contribution in [-0.4, -0.2) is 28.5 Å². The third-order valence-corrected chi connectivity index (χ3v) is 4.90. The summed E-state index contributed by atoms with van der Waals surface area (Å²) >= 11 is 0. The number of nitrogens with one attached hydrogen (secondary N) is 2. The number of para-hydroxylation sites is 3. The molecule has 1 aliphatic heterocycles. The summed E-state index contributed by atoms with van der Waals surface area (Å²) in [5.74, 6) is -1.04. The fourth-order valence-corrected chi connectivity index (χ4v) is 3.38. The van der Waals surface area contributed by atoms with E-state index in [0.717, 1.165) is 10.3 Å². The highest BCUT2D eigenvalue weighted by Crippen LogP contribution is 2.29. The van der Waals surface area contributed by atoms with Gasteiger partial charge in [-0.3, -0.25) is 14.4 Å². The first kappa shape index (κ1) is 18.4. The monoisotopic (exact) mass is 390 g/mol. The molecule has 0 bridgehead atoms. The van der Waals surface area contributed by atoms with Crippen LogP contribution in [0.1, 0.15) is 17.3 Å². The van der Waals surface area contributed by atoms with Crippen molar-refractivity contribution < 1.29 is 14.4 Å². The number of amides is 4. The lowest BCUT2D eigenvalue weighted by atomic mass is 10.1. The minimum absolute atomic E-state index is 0.0356. The summed E-state index contributed by atoms with van der Waals surface area (Å²) in [6.45, 7) is 1.58. The van der Waals surface area contributed by atoms with Crippen LogP contribution in [0.5, 0.6) is 0 Å². The third-order valence-electron chi connectivity index (χ3n) is 4.90. The fourth-order valence-electron chi connectivity index (χ4n) is 3.38. The molecule has 1 saturated heterocycles. The second-order valence-corrected chi connectivity index (χ2v) is 6.80. The van der Waals surface area contributed by atoms with Crippen LogP contribution in [0.15, 0.2) is 59.4 Å². The molecule has 29 heavy (non-hydrogen) atoms. The zero-order chi connectivity index (χ0) is 20.7. The summed E-state index contributed by atoms with van der Waals surface area (Å²) in [6.07, 6.45) is 0. The first-order chi connectivity index (χ1) is 13.9. The number of anilines is 2. The highest BCUT2D eigenvalue weighted by Gasteiger charge is 2.37. The molecular formula is C21H18N4O4. The van der Waals surface area contributed by atoms with E-state index >= 15 is 0 Å². The molecule has 1 aromatic heterocycles. The Kier molecular flexibility index (Phi) is 4.38. The molecule has 8 nitrogen and oxygen atoms in total. The topological polar surface area (TPSA) is 101 Å². The van der Waals surface area contributed by atoms with Gasteiger partial charge >= 0.3 is 6.03 Å². The normalized spacial score (nSPS) is 16.2. The van der Waals surface area contributed by atoms with Crippen LogP contribution in [-0.2, 0) is 11.8 Å². The van der Waals surface area contributed by atoms with Crippen LogP contribution < -0.4 is 21.1 Å². The van der Waals surface area contributed by atoms with Gasteiger partial charge in [0.1, 0.15) is 11.6 Å². The average Bonchev–Trinajstić information content (AvgIpc) is 2.96. The number of aryl methyl sites for hydroxylation is 1. The van der Waals surface area contributed by atoms with Gasteiger partial charge in [-0.2, -0.15) is 0 Å². The summed E-state index contributed by atoms with van der Waals surface area (Å²) in [6, 6.07) is 14.0. The standard InChI is InChI=1S/C21H18N4O4/c1-12-19(27)25(21(29)22-12)17-10-6-4-8-15(17)23-18(26)14-11-13-7-3-5-9-16(13)24(2)20(14)28/h3-12H,1-2H3,(H,22,29)(H,23,26). The van der Waals surface area contributed by atoms with Gasteiger partial charge in [-0.15, -0.1) is 0 Å². The van der Waals surface area contributed by atoms with E-state index in [-0.39, 0.29) is 16.9 Å². The first-order valence-corrected chi connectivity index (χ1v) is 9.02. The SMILES string of the molecule is CC1NC(=O)N(c2ccccc2NC(=O)c2cc3ccccc3n(C)c2=O)C1=O. The Bertz CT molecular complexity index is 1230. The van der Waals surface area contributed by atoms with Crippen molar-refractivity contribution >= 4 is 40.1 Å². The Morgan fingerprint density at radius 1 is 1.03 bits per heavy atom. The minimum Gasteiger partial charge on any atom is -0.326 e. The van der Waals surface area contributed by atoms with Crippen molar-refractivity contribution in [3.63, 3.8) is 0 Å². The Morgan fingerprint density at radius 2 is 1.72 bits per heavy atom. The van der Waals surface area contributed by atoms with E-state index in [4.69, 9.17) is 0 Å². The molecule has 1 atom stereocenters. The second kappa shape index (κ2) is 6.90. The Labute approximate surface area is 165 Å². The number of aromatic nitrogens is 1. The number of hydrogen-bond acceptors (Lipinski definition) is 4. The van der Waals surface area contributed by atoms with Crippen LogP contribution in [0.3, 0.4) is 0 Å². The number of nitrogens with zero attached hydrogens (tertiary/aromatic N) is 2. The number of pyridine rings is 1. The summed E-state index contributed by atoms with van der Waals surface area (Å²) in [7, 11) is 1.60. The van der Waals surface area contributed by atoms with Gasteiger partial charge in [0.15, 0.2) is 0 Å². The summed E-state index contributed by atoms with van der Waals surface area (Å²) in [5.41, 5.74) is 0.729. The molecule has 1 aliphatic rings. The minimum atomic E-state index is -0.654. The molecule has 4 rings (SSSR count). The van der Waals surface area contributed by atoms with E-state index in [0.29, 0.717) is 5.52 Å². The molecule has 1 fully saturated rings. The summed E-state index contributed by atoms with van der Waals surface area (Å²) in [5, 5.41) is 5.95. The van der Waals surface area contributed by atoms with Gasteiger partial charge in [0, 0.05) is 7.05 Å². The number of rotatable bonds is 3. The third kappa shape index (κ3) is 3.04. The molecule has 2 aromatic carbocycles. The van der Waals surface area contributed by atoms with Gasteiger partial charge in [0.2, 0.25) is 0 Å². The van der Waals surface area contributed by atoms with Crippen molar-refractivity contribution in [3.8, 4) is 0 Å². The van der Waals surface area contributed by atoms with Crippen LogP contribution in [0.25, 0.3) is 10.9 Å². The van der Waals surface area contributed by atoms with E-state index in [1.165, 1.54) is 10.6 Å². The van der Waals surface area contributed by atoms with Crippen LogP contribution in [0.2, 0.25) is 0 Å². The van der Waals surface area contributed by atoms with E-state index in [1.54, 1.807) is 44.3 Å². The zero-order valence-corrected chi connectivity index (χ0v) is 15.8. The predicted molar refractivity (Wildman–Crippen MR) is 109 cm³/mol. The number of carbonyl (C=O) groups is 3. The number of fused-ring (bicyclic) bond motifs is 1. The van der Waals surface area contributed by atoms with Gasteiger partial charge in [-0.05, 0) is 36.6 Å². The molecule has 0 aliphatic carbocycles.